The van der Waals surface area contributed by atoms with Gasteiger partial charge in [0, 0.05) is 16.9 Å². The highest BCUT2D eigenvalue weighted by Crippen LogP contribution is 2.43. The van der Waals surface area contributed by atoms with Gasteiger partial charge in [-0.15, -0.1) is 0 Å². The maximum Gasteiger partial charge on any atom is 0.0691 e. The number of aromatic nitrogens is 2. The average Bonchev–Trinajstić information content (AvgIpc) is 2.94. The highest BCUT2D eigenvalue weighted by Gasteiger charge is 2.26. The van der Waals surface area contributed by atoms with Gasteiger partial charge in [-0.1, -0.05) is 22.0 Å². The standard InChI is InChI=1S/C12H11BrN2/c13-10-4-5-11(9-2-3-9)12(8-10)15-7-1-6-14-15/h1,4-9H,2-3H2. The molecule has 76 valence electrons. The van der Waals surface area contributed by atoms with Gasteiger partial charge in [-0.05, 0) is 42.5 Å². The lowest BCUT2D eigenvalue weighted by Crippen LogP contribution is -1.99. The maximum absolute atomic E-state index is 4.29. The molecule has 0 amide bonds. The van der Waals surface area contributed by atoms with Crippen LogP contribution in [0.1, 0.15) is 24.3 Å². The number of benzene rings is 1. The Morgan fingerprint density at radius 3 is 2.87 bits per heavy atom. The van der Waals surface area contributed by atoms with Crippen LogP contribution in [0.2, 0.25) is 0 Å². The molecule has 1 aromatic carbocycles. The van der Waals surface area contributed by atoms with Gasteiger partial charge in [-0.3, -0.25) is 0 Å². The molecule has 0 N–H and O–H groups in total. The molecule has 0 aliphatic heterocycles. The molecule has 1 fully saturated rings. The van der Waals surface area contributed by atoms with Crippen LogP contribution in [0.25, 0.3) is 5.69 Å². The van der Waals surface area contributed by atoms with Crippen molar-refractivity contribution in [3.05, 3.63) is 46.7 Å². The Bertz CT molecular complexity index is 472. The predicted octanol–water partition coefficient (Wildman–Crippen LogP) is 3.51. The predicted molar refractivity (Wildman–Crippen MR) is 63.2 cm³/mol. The van der Waals surface area contributed by atoms with E-state index < -0.39 is 0 Å². The average molecular weight is 263 g/mol. The first-order valence-corrected chi connectivity index (χ1v) is 5.93. The largest absolute Gasteiger partial charge is 0.241 e. The van der Waals surface area contributed by atoms with Crippen LogP contribution in [0.5, 0.6) is 0 Å². The minimum absolute atomic E-state index is 0.747. The molecule has 15 heavy (non-hydrogen) atoms. The van der Waals surface area contributed by atoms with E-state index in [1.807, 2.05) is 23.1 Å². The zero-order chi connectivity index (χ0) is 10.3. The minimum atomic E-state index is 0.747. The molecule has 0 atom stereocenters. The van der Waals surface area contributed by atoms with E-state index in [1.54, 1.807) is 0 Å². The summed E-state index contributed by atoms with van der Waals surface area (Å²) in [5, 5.41) is 4.29. The van der Waals surface area contributed by atoms with Crippen LogP contribution < -0.4 is 0 Å². The molecule has 0 saturated heterocycles. The van der Waals surface area contributed by atoms with Gasteiger partial charge >= 0.3 is 0 Å². The summed E-state index contributed by atoms with van der Waals surface area (Å²) in [6.45, 7) is 0. The zero-order valence-electron chi connectivity index (χ0n) is 8.23. The van der Waals surface area contributed by atoms with E-state index in [-0.39, 0.29) is 0 Å². The third kappa shape index (κ3) is 1.72. The van der Waals surface area contributed by atoms with Crippen LogP contribution >= 0.6 is 15.9 Å². The summed E-state index contributed by atoms with van der Waals surface area (Å²) in [7, 11) is 0. The zero-order valence-corrected chi connectivity index (χ0v) is 9.81. The quantitative estimate of drug-likeness (QED) is 0.810. The third-order valence-corrected chi connectivity index (χ3v) is 3.25. The van der Waals surface area contributed by atoms with Gasteiger partial charge in [0.25, 0.3) is 0 Å². The molecule has 0 spiro atoms. The summed E-state index contributed by atoms with van der Waals surface area (Å²) in [5.41, 5.74) is 2.62. The fourth-order valence-corrected chi connectivity index (χ4v) is 2.22. The van der Waals surface area contributed by atoms with Gasteiger partial charge in [-0.25, -0.2) is 4.68 Å². The topological polar surface area (TPSA) is 17.8 Å². The van der Waals surface area contributed by atoms with Crippen molar-refractivity contribution in [3.63, 3.8) is 0 Å². The molecule has 1 saturated carbocycles. The minimum Gasteiger partial charge on any atom is -0.241 e. The van der Waals surface area contributed by atoms with E-state index in [2.05, 4.69) is 39.2 Å². The monoisotopic (exact) mass is 262 g/mol. The van der Waals surface area contributed by atoms with E-state index in [9.17, 15) is 0 Å². The first-order valence-electron chi connectivity index (χ1n) is 5.14. The molecule has 3 rings (SSSR count). The molecule has 0 radical (unpaired) electrons. The Kier molecular flexibility index (Phi) is 2.13. The van der Waals surface area contributed by atoms with Crippen molar-refractivity contribution in [1.29, 1.82) is 0 Å². The number of halogens is 1. The Morgan fingerprint density at radius 1 is 1.33 bits per heavy atom. The number of rotatable bonds is 2. The van der Waals surface area contributed by atoms with Crippen molar-refractivity contribution in [1.82, 2.24) is 9.78 Å². The SMILES string of the molecule is Brc1ccc(C2CC2)c(-n2cccn2)c1. The van der Waals surface area contributed by atoms with Crippen LogP contribution in [0.15, 0.2) is 41.1 Å². The second-order valence-electron chi connectivity index (χ2n) is 3.93. The smallest absolute Gasteiger partial charge is 0.0691 e. The van der Waals surface area contributed by atoms with E-state index in [0.29, 0.717) is 0 Å². The Morgan fingerprint density at radius 2 is 2.20 bits per heavy atom. The molecule has 1 aromatic heterocycles. The number of hydrogen-bond donors (Lipinski definition) is 0. The summed E-state index contributed by atoms with van der Waals surface area (Å²) in [5.74, 6) is 0.747. The molecule has 0 unspecified atom stereocenters. The van der Waals surface area contributed by atoms with Crippen molar-refractivity contribution >= 4 is 15.9 Å². The van der Waals surface area contributed by atoms with E-state index in [4.69, 9.17) is 0 Å². The van der Waals surface area contributed by atoms with Gasteiger partial charge in [0.15, 0.2) is 0 Å². The van der Waals surface area contributed by atoms with Crippen LogP contribution in [-0.4, -0.2) is 9.78 Å². The number of hydrogen-bond acceptors (Lipinski definition) is 1. The van der Waals surface area contributed by atoms with Crippen LogP contribution in [0, 0.1) is 0 Å². The molecular formula is C12H11BrN2. The molecule has 3 heteroatoms. The fraction of sp³-hybridized carbons (Fsp3) is 0.250. The summed E-state index contributed by atoms with van der Waals surface area (Å²) in [6, 6.07) is 8.41. The van der Waals surface area contributed by atoms with Crippen molar-refractivity contribution in [2.24, 2.45) is 0 Å². The second-order valence-corrected chi connectivity index (χ2v) is 4.84. The Balaban J connectivity index is 2.14. The molecule has 0 bridgehead atoms. The summed E-state index contributed by atoms with van der Waals surface area (Å²) < 4.78 is 3.05. The van der Waals surface area contributed by atoms with Crippen molar-refractivity contribution in [2.75, 3.05) is 0 Å². The molecule has 1 aliphatic rings. The van der Waals surface area contributed by atoms with Gasteiger partial charge in [0.2, 0.25) is 0 Å². The lowest BCUT2D eigenvalue weighted by molar-refractivity contribution is 0.860. The summed E-state index contributed by atoms with van der Waals surface area (Å²) >= 11 is 3.51. The van der Waals surface area contributed by atoms with Crippen molar-refractivity contribution in [2.45, 2.75) is 18.8 Å². The molecule has 1 heterocycles. The van der Waals surface area contributed by atoms with Crippen molar-refractivity contribution in [3.8, 4) is 5.69 Å². The van der Waals surface area contributed by atoms with Gasteiger partial charge in [-0.2, -0.15) is 5.10 Å². The van der Waals surface area contributed by atoms with E-state index >= 15 is 0 Å². The molecular weight excluding hydrogens is 252 g/mol. The first-order chi connectivity index (χ1) is 7.34. The fourth-order valence-electron chi connectivity index (χ4n) is 1.87. The van der Waals surface area contributed by atoms with Crippen LogP contribution in [-0.2, 0) is 0 Å². The molecule has 2 aromatic rings. The summed E-state index contributed by atoms with van der Waals surface area (Å²) in [4.78, 5) is 0. The van der Waals surface area contributed by atoms with Gasteiger partial charge in [0.05, 0.1) is 5.69 Å². The normalized spacial score (nSPS) is 15.5. The lowest BCUT2D eigenvalue weighted by Gasteiger charge is -2.09. The van der Waals surface area contributed by atoms with Crippen LogP contribution in [0.4, 0.5) is 0 Å². The first kappa shape index (κ1) is 9.16. The summed E-state index contributed by atoms with van der Waals surface area (Å²) in [6.07, 6.45) is 6.44. The van der Waals surface area contributed by atoms with Crippen molar-refractivity contribution < 1.29 is 0 Å². The second kappa shape index (κ2) is 3.49. The maximum atomic E-state index is 4.29. The van der Waals surface area contributed by atoms with E-state index in [1.165, 1.54) is 24.1 Å². The molecule has 1 aliphatic carbocycles. The van der Waals surface area contributed by atoms with Gasteiger partial charge < -0.3 is 0 Å². The highest BCUT2D eigenvalue weighted by atomic mass is 79.9. The lowest BCUT2D eigenvalue weighted by atomic mass is 10.1. The Labute approximate surface area is 97.1 Å². The Hall–Kier alpha value is -1.09. The van der Waals surface area contributed by atoms with Gasteiger partial charge in [0.1, 0.15) is 0 Å². The highest BCUT2D eigenvalue weighted by molar-refractivity contribution is 9.10. The molecule has 2 nitrogen and oxygen atoms in total. The van der Waals surface area contributed by atoms with Crippen LogP contribution in [0.3, 0.4) is 0 Å². The van der Waals surface area contributed by atoms with E-state index in [0.717, 1.165) is 10.4 Å². The third-order valence-electron chi connectivity index (χ3n) is 2.76. The number of nitrogens with zero attached hydrogens (tertiary/aromatic N) is 2.